The van der Waals surface area contributed by atoms with E-state index >= 15 is 0 Å². The lowest BCUT2D eigenvalue weighted by molar-refractivity contribution is -0.155. The topological polar surface area (TPSA) is 131 Å². The van der Waals surface area contributed by atoms with Gasteiger partial charge in [-0.1, -0.05) is 6.92 Å². The van der Waals surface area contributed by atoms with Crippen LogP contribution in [-0.4, -0.2) is 63.8 Å². The Labute approximate surface area is 169 Å². The van der Waals surface area contributed by atoms with Gasteiger partial charge in [0, 0.05) is 11.8 Å². The molecule has 3 aliphatic rings. The number of carbonyl (C=O) groups is 3. The molecule has 3 rings (SSSR count). The summed E-state index contributed by atoms with van der Waals surface area (Å²) in [7, 11) is -3.05. The van der Waals surface area contributed by atoms with Crippen molar-refractivity contribution >= 4 is 28.2 Å². The van der Waals surface area contributed by atoms with E-state index in [0.717, 1.165) is 7.11 Å². The van der Waals surface area contributed by atoms with Gasteiger partial charge >= 0.3 is 18.1 Å². The SMILES string of the molecule is CCC(C)(C)C(=O)OCCOC(=O)OC1C2CC3C1OS(=O)(=O)C3(C(=O)OC)C2. The van der Waals surface area contributed by atoms with Crippen LogP contribution in [-0.2, 0) is 42.8 Å². The predicted octanol–water partition coefficient (Wildman–Crippen LogP) is 1.17. The molecule has 0 aromatic heterocycles. The fraction of sp³-hybridized carbons (Fsp3) is 0.833. The van der Waals surface area contributed by atoms with E-state index in [-0.39, 0.29) is 25.6 Å². The molecule has 0 N–H and O–H groups in total. The molecule has 1 heterocycles. The van der Waals surface area contributed by atoms with Crippen molar-refractivity contribution in [2.45, 2.75) is 57.0 Å². The Balaban J connectivity index is 1.53. The second-order valence-corrected chi connectivity index (χ2v) is 10.1. The maximum atomic E-state index is 12.5. The van der Waals surface area contributed by atoms with E-state index in [1.165, 1.54) is 0 Å². The van der Waals surface area contributed by atoms with Crippen molar-refractivity contribution in [2.75, 3.05) is 20.3 Å². The molecule has 2 saturated carbocycles. The maximum Gasteiger partial charge on any atom is 0.508 e. The van der Waals surface area contributed by atoms with E-state index in [4.69, 9.17) is 23.1 Å². The summed E-state index contributed by atoms with van der Waals surface area (Å²) in [5, 5.41) is 0. The molecule has 29 heavy (non-hydrogen) atoms. The van der Waals surface area contributed by atoms with Crippen molar-refractivity contribution in [1.82, 2.24) is 0 Å². The van der Waals surface area contributed by atoms with Crippen LogP contribution in [0.4, 0.5) is 4.79 Å². The molecule has 11 heteroatoms. The minimum absolute atomic E-state index is 0.0230. The van der Waals surface area contributed by atoms with Gasteiger partial charge in [0.25, 0.3) is 10.1 Å². The fourth-order valence-electron chi connectivity index (χ4n) is 4.35. The summed E-state index contributed by atoms with van der Waals surface area (Å²) >= 11 is 0. The molecule has 10 nitrogen and oxygen atoms in total. The third-order valence-corrected chi connectivity index (χ3v) is 8.33. The Kier molecular flexibility index (Phi) is 5.59. The van der Waals surface area contributed by atoms with Gasteiger partial charge in [-0.25, -0.2) is 4.79 Å². The Hall–Kier alpha value is -1.88. The first-order valence-corrected chi connectivity index (χ1v) is 10.9. The van der Waals surface area contributed by atoms with E-state index in [0.29, 0.717) is 12.8 Å². The highest BCUT2D eigenvalue weighted by molar-refractivity contribution is 7.89. The van der Waals surface area contributed by atoms with Crippen LogP contribution in [0.5, 0.6) is 0 Å². The van der Waals surface area contributed by atoms with Crippen LogP contribution >= 0.6 is 0 Å². The lowest BCUT2D eigenvalue weighted by Crippen LogP contribution is -2.50. The van der Waals surface area contributed by atoms with Gasteiger partial charge in [-0.15, -0.1) is 0 Å². The third kappa shape index (κ3) is 3.37. The van der Waals surface area contributed by atoms with Crippen molar-refractivity contribution in [2.24, 2.45) is 17.3 Å². The van der Waals surface area contributed by atoms with Crippen LogP contribution in [0.15, 0.2) is 0 Å². The Morgan fingerprint density at radius 2 is 1.83 bits per heavy atom. The van der Waals surface area contributed by atoms with Gasteiger partial charge in [-0.2, -0.15) is 8.42 Å². The Morgan fingerprint density at radius 3 is 2.45 bits per heavy atom. The summed E-state index contributed by atoms with van der Waals surface area (Å²) in [6.07, 6.45) is -1.82. The van der Waals surface area contributed by atoms with Crippen molar-refractivity contribution in [1.29, 1.82) is 0 Å². The van der Waals surface area contributed by atoms with Crippen LogP contribution in [0.2, 0.25) is 0 Å². The normalized spacial score (nSPS) is 33.9. The first-order valence-electron chi connectivity index (χ1n) is 9.52. The highest BCUT2D eigenvalue weighted by Gasteiger charge is 2.77. The number of carbonyl (C=O) groups excluding carboxylic acids is 3. The molecule has 0 aromatic rings. The summed E-state index contributed by atoms with van der Waals surface area (Å²) < 4.78 is 48.3. The standard InChI is InChI=1S/C18H26O10S/c1-5-17(2,3)14(19)25-6-7-26-16(21)27-12-10-8-11-13(12)28-29(22,23)18(11,9-10)15(20)24-4/h10-13H,5-9H2,1-4H3. The predicted molar refractivity (Wildman–Crippen MR) is 96.0 cm³/mol. The summed E-state index contributed by atoms with van der Waals surface area (Å²) in [4.78, 5) is 36.1. The molecule has 2 aliphatic carbocycles. The number of rotatable bonds is 7. The van der Waals surface area contributed by atoms with Crippen LogP contribution in [0.3, 0.4) is 0 Å². The first kappa shape index (κ1) is 21.8. The average Bonchev–Trinajstić information content (AvgIpc) is 3.25. The lowest BCUT2D eigenvalue weighted by Gasteiger charge is -2.29. The number of hydrogen-bond donors (Lipinski definition) is 0. The van der Waals surface area contributed by atoms with E-state index < -0.39 is 56.5 Å². The van der Waals surface area contributed by atoms with Crippen LogP contribution in [0, 0.1) is 17.3 Å². The number of methoxy groups -OCH3 is 1. The van der Waals surface area contributed by atoms with Gasteiger partial charge in [0.15, 0.2) is 4.75 Å². The van der Waals surface area contributed by atoms with Gasteiger partial charge in [-0.05, 0) is 33.1 Å². The zero-order valence-electron chi connectivity index (χ0n) is 16.8. The van der Waals surface area contributed by atoms with Crippen LogP contribution in [0.1, 0.15) is 40.0 Å². The molecule has 2 bridgehead atoms. The van der Waals surface area contributed by atoms with Crippen molar-refractivity contribution in [3.63, 3.8) is 0 Å². The van der Waals surface area contributed by atoms with Crippen LogP contribution in [0.25, 0.3) is 0 Å². The first-order chi connectivity index (χ1) is 13.5. The molecule has 5 unspecified atom stereocenters. The van der Waals surface area contributed by atoms with Gasteiger partial charge in [-0.3, -0.25) is 13.8 Å². The minimum Gasteiger partial charge on any atom is -0.468 e. The molecular weight excluding hydrogens is 408 g/mol. The lowest BCUT2D eigenvalue weighted by atomic mass is 9.84. The number of fused-ring (bicyclic) bond motifs is 1. The molecule has 1 aliphatic heterocycles. The highest BCUT2D eigenvalue weighted by atomic mass is 32.2. The largest absolute Gasteiger partial charge is 0.508 e. The van der Waals surface area contributed by atoms with Gasteiger partial charge in [0.05, 0.1) is 12.5 Å². The second kappa shape index (κ2) is 7.42. The van der Waals surface area contributed by atoms with Crippen molar-refractivity contribution in [3.05, 3.63) is 0 Å². The third-order valence-electron chi connectivity index (χ3n) is 6.33. The Bertz CT molecular complexity index is 803. The van der Waals surface area contributed by atoms with E-state index in [1.54, 1.807) is 13.8 Å². The Morgan fingerprint density at radius 1 is 1.17 bits per heavy atom. The van der Waals surface area contributed by atoms with Gasteiger partial charge in [0.1, 0.15) is 25.4 Å². The summed E-state index contributed by atoms with van der Waals surface area (Å²) in [5.74, 6) is -2.21. The monoisotopic (exact) mass is 434 g/mol. The molecular formula is C18H26O10S. The summed E-state index contributed by atoms with van der Waals surface area (Å²) in [6, 6.07) is 0. The van der Waals surface area contributed by atoms with E-state index in [1.807, 2.05) is 6.92 Å². The molecule has 3 fully saturated rings. The fourth-order valence-corrected chi connectivity index (χ4v) is 6.36. The molecule has 164 valence electrons. The summed E-state index contributed by atoms with van der Waals surface area (Å²) in [6.45, 7) is 5.06. The maximum absolute atomic E-state index is 12.5. The smallest absolute Gasteiger partial charge is 0.468 e. The van der Waals surface area contributed by atoms with E-state index in [9.17, 15) is 22.8 Å². The molecule has 0 amide bonds. The molecule has 0 radical (unpaired) electrons. The van der Waals surface area contributed by atoms with Gasteiger partial charge in [0.2, 0.25) is 0 Å². The molecule has 1 saturated heterocycles. The highest BCUT2D eigenvalue weighted by Crippen LogP contribution is 2.62. The zero-order valence-corrected chi connectivity index (χ0v) is 17.7. The molecule has 5 atom stereocenters. The summed E-state index contributed by atoms with van der Waals surface area (Å²) in [5.41, 5.74) is -0.624. The quantitative estimate of drug-likeness (QED) is 0.249. The number of esters is 2. The van der Waals surface area contributed by atoms with Crippen molar-refractivity contribution in [3.8, 4) is 0 Å². The number of hydrogen-bond acceptors (Lipinski definition) is 10. The minimum atomic E-state index is -4.18. The average molecular weight is 434 g/mol. The molecule has 0 aromatic carbocycles. The van der Waals surface area contributed by atoms with Gasteiger partial charge < -0.3 is 18.9 Å². The van der Waals surface area contributed by atoms with Crippen molar-refractivity contribution < 1.29 is 45.9 Å². The van der Waals surface area contributed by atoms with Crippen LogP contribution < -0.4 is 0 Å². The van der Waals surface area contributed by atoms with E-state index in [2.05, 4.69) is 0 Å². The molecule has 0 spiro atoms. The second-order valence-electron chi connectivity index (χ2n) is 8.26. The number of ether oxygens (including phenoxy) is 4. The zero-order chi connectivity index (χ0) is 21.6.